The van der Waals surface area contributed by atoms with Crippen LogP contribution in [-0.2, 0) is 28.6 Å². The van der Waals surface area contributed by atoms with Gasteiger partial charge in [0.05, 0.1) is 0 Å². The summed E-state index contributed by atoms with van der Waals surface area (Å²) in [6, 6.07) is 0. The molecule has 0 aliphatic heterocycles. The third-order valence-electron chi connectivity index (χ3n) is 14.3. The molecule has 0 radical (unpaired) electrons. The van der Waals surface area contributed by atoms with E-state index >= 15 is 0 Å². The van der Waals surface area contributed by atoms with Crippen LogP contribution < -0.4 is 0 Å². The van der Waals surface area contributed by atoms with Crippen molar-refractivity contribution in [1.29, 1.82) is 0 Å². The molecule has 0 aromatic heterocycles. The minimum Gasteiger partial charge on any atom is -0.462 e. The number of unbranched alkanes of at least 4 members (excludes halogenated alkanes) is 44. The molecular formula is C62H120O6. The fourth-order valence-corrected chi connectivity index (χ4v) is 9.63. The summed E-state index contributed by atoms with van der Waals surface area (Å²) < 4.78 is 16.9. The molecule has 0 aliphatic rings. The first-order chi connectivity index (χ1) is 33.4. The largest absolute Gasteiger partial charge is 0.462 e. The van der Waals surface area contributed by atoms with Gasteiger partial charge in [-0.05, 0) is 25.2 Å². The predicted molar refractivity (Wildman–Crippen MR) is 293 cm³/mol. The van der Waals surface area contributed by atoms with Crippen LogP contribution in [0, 0.1) is 5.92 Å². The Labute approximate surface area is 425 Å². The summed E-state index contributed by atoms with van der Waals surface area (Å²) >= 11 is 0. The first kappa shape index (κ1) is 66.4. The van der Waals surface area contributed by atoms with E-state index in [1.54, 1.807) is 0 Å². The Bertz CT molecular complexity index is 1030. The zero-order valence-corrected chi connectivity index (χ0v) is 46.6. The quantitative estimate of drug-likeness (QED) is 0.0343. The van der Waals surface area contributed by atoms with E-state index < -0.39 is 6.10 Å². The standard InChI is InChI=1S/C62H120O6/c1-5-7-9-11-13-15-17-19-21-23-24-26-30-35-39-43-47-51-55-62(65)68-59(56-66-60(63)53-49-45-41-37-33-29-25-22-20-18-16-14-12-10-8-6-2)57-67-61(64)54-50-46-42-38-34-31-27-28-32-36-40-44-48-52-58(3)4/h58-59H,5-57H2,1-4H3/t59-/m0/s1. The number of hydrogen-bond acceptors (Lipinski definition) is 6. The van der Waals surface area contributed by atoms with Gasteiger partial charge in [-0.15, -0.1) is 0 Å². The van der Waals surface area contributed by atoms with E-state index in [1.807, 2.05) is 0 Å². The summed E-state index contributed by atoms with van der Waals surface area (Å²) in [6.45, 7) is 9.08. The maximum Gasteiger partial charge on any atom is 0.306 e. The Kier molecular flexibility index (Phi) is 55.0. The zero-order valence-electron chi connectivity index (χ0n) is 46.6. The van der Waals surface area contributed by atoms with E-state index in [1.165, 1.54) is 250 Å². The van der Waals surface area contributed by atoms with Gasteiger partial charge in [0.15, 0.2) is 6.10 Å². The van der Waals surface area contributed by atoms with E-state index in [0.29, 0.717) is 19.3 Å². The molecule has 1 atom stereocenters. The summed E-state index contributed by atoms with van der Waals surface area (Å²) in [5.74, 6) is 0.00980. The Balaban J connectivity index is 4.29. The van der Waals surface area contributed by atoms with Crippen molar-refractivity contribution in [2.75, 3.05) is 13.2 Å². The number of carbonyl (C=O) groups excluding carboxylic acids is 3. The molecule has 404 valence electrons. The molecule has 0 saturated carbocycles. The number of esters is 3. The Morgan fingerprint density at radius 3 is 0.721 bits per heavy atom. The molecular weight excluding hydrogens is 841 g/mol. The van der Waals surface area contributed by atoms with Gasteiger partial charge in [-0.3, -0.25) is 14.4 Å². The van der Waals surface area contributed by atoms with Crippen LogP contribution in [-0.4, -0.2) is 37.2 Å². The summed E-state index contributed by atoms with van der Waals surface area (Å²) in [7, 11) is 0. The van der Waals surface area contributed by atoms with E-state index in [9.17, 15) is 14.4 Å². The number of carbonyl (C=O) groups is 3. The van der Waals surface area contributed by atoms with Crippen molar-refractivity contribution in [1.82, 2.24) is 0 Å². The molecule has 0 rings (SSSR count). The lowest BCUT2D eigenvalue weighted by molar-refractivity contribution is -0.167. The summed E-state index contributed by atoms with van der Waals surface area (Å²) in [5, 5.41) is 0. The van der Waals surface area contributed by atoms with Gasteiger partial charge in [-0.2, -0.15) is 0 Å². The van der Waals surface area contributed by atoms with Gasteiger partial charge in [-0.25, -0.2) is 0 Å². The molecule has 0 amide bonds. The Morgan fingerprint density at radius 2 is 0.485 bits per heavy atom. The molecule has 0 unspecified atom stereocenters. The monoisotopic (exact) mass is 961 g/mol. The number of ether oxygens (including phenoxy) is 3. The van der Waals surface area contributed by atoms with Crippen molar-refractivity contribution < 1.29 is 28.6 Å². The predicted octanol–water partition coefficient (Wildman–Crippen LogP) is 20.6. The minimum atomic E-state index is -0.762. The molecule has 6 heteroatoms. The average Bonchev–Trinajstić information content (AvgIpc) is 3.32. The Morgan fingerprint density at radius 1 is 0.279 bits per heavy atom. The van der Waals surface area contributed by atoms with E-state index in [0.717, 1.165) is 63.7 Å². The highest BCUT2D eigenvalue weighted by molar-refractivity contribution is 5.71. The fourth-order valence-electron chi connectivity index (χ4n) is 9.63. The van der Waals surface area contributed by atoms with Gasteiger partial charge in [0, 0.05) is 19.3 Å². The molecule has 0 fully saturated rings. The van der Waals surface area contributed by atoms with Crippen molar-refractivity contribution in [2.45, 2.75) is 361 Å². The van der Waals surface area contributed by atoms with Crippen molar-refractivity contribution in [3.63, 3.8) is 0 Å². The van der Waals surface area contributed by atoms with Gasteiger partial charge < -0.3 is 14.2 Å². The fraction of sp³-hybridized carbons (Fsp3) is 0.952. The Hall–Kier alpha value is -1.59. The smallest absolute Gasteiger partial charge is 0.306 e. The molecule has 0 bridgehead atoms. The highest BCUT2D eigenvalue weighted by Crippen LogP contribution is 2.18. The molecule has 0 heterocycles. The summed E-state index contributed by atoms with van der Waals surface area (Å²) in [6.07, 6.45) is 62.4. The summed E-state index contributed by atoms with van der Waals surface area (Å²) in [4.78, 5) is 38.2. The first-order valence-corrected chi connectivity index (χ1v) is 30.9. The van der Waals surface area contributed by atoms with Gasteiger partial charge in [0.25, 0.3) is 0 Å². The van der Waals surface area contributed by atoms with Crippen molar-refractivity contribution >= 4 is 17.9 Å². The molecule has 6 nitrogen and oxygen atoms in total. The van der Waals surface area contributed by atoms with Crippen LogP contribution in [0.4, 0.5) is 0 Å². The highest BCUT2D eigenvalue weighted by atomic mass is 16.6. The molecule has 0 N–H and O–H groups in total. The molecule has 0 saturated heterocycles. The molecule has 68 heavy (non-hydrogen) atoms. The second kappa shape index (κ2) is 56.3. The van der Waals surface area contributed by atoms with Crippen LogP contribution in [0.5, 0.6) is 0 Å². The third-order valence-corrected chi connectivity index (χ3v) is 14.3. The lowest BCUT2D eigenvalue weighted by Gasteiger charge is -2.18. The van der Waals surface area contributed by atoms with Crippen molar-refractivity contribution in [3.8, 4) is 0 Å². The van der Waals surface area contributed by atoms with Gasteiger partial charge >= 0.3 is 17.9 Å². The topological polar surface area (TPSA) is 78.9 Å². The van der Waals surface area contributed by atoms with Crippen LogP contribution in [0.25, 0.3) is 0 Å². The lowest BCUT2D eigenvalue weighted by Crippen LogP contribution is -2.30. The number of rotatable bonds is 57. The average molecular weight is 962 g/mol. The first-order valence-electron chi connectivity index (χ1n) is 30.9. The summed E-state index contributed by atoms with van der Waals surface area (Å²) in [5.41, 5.74) is 0. The van der Waals surface area contributed by atoms with Gasteiger partial charge in [0.1, 0.15) is 13.2 Å². The lowest BCUT2D eigenvalue weighted by atomic mass is 10.0. The number of hydrogen-bond donors (Lipinski definition) is 0. The molecule has 0 spiro atoms. The van der Waals surface area contributed by atoms with Crippen LogP contribution in [0.15, 0.2) is 0 Å². The molecule has 0 aliphatic carbocycles. The normalized spacial score (nSPS) is 12.0. The van der Waals surface area contributed by atoms with Crippen molar-refractivity contribution in [3.05, 3.63) is 0 Å². The maximum atomic E-state index is 12.9. The zero-order chi connectivity index (χ0) is 49.5. The second-order valence-electron chi connectivity index (χ2n) is 21.8. The highest BCUT2D eigenvalue weighted by Gasteiger charge is 2.19. The molecule has 0 aromatic rings. The second-order valence-corrected chi connectivity index (χ2v) is 21.8. The van der Waals surface area contributed by atoms with E-state index in [4.69, 9.17) is 14.2 Å². The molecule has 0 aromatic carbocycles. The van der Waals surface area contributed by atoms with Crippen LogP contribution in [0.3, 0.4) is 0 Å². The van der Waals surface area contributed by atoms with Crippen LogP contribution >= 0.6 is 0 Å². The van der Waals surface area contributed by atoms with Gasteiger partial charge in [-0.1, -0.05) is 317 Å². The van der Waals surface area contributed by atoms with Gasteiger partial charge in [0.2, 0.25) is 0 Å². The van der Waals surface area contributed by atoms with E-state index in [2.05, 4.69) is 27.7 Å². The van der Waals surface area contributed by atoms with Crippen LogP contribution in [0.2, 0.25) is 0 Å². The van der Waals surface area contributed by atoms with Crippen LogP contribution in [0.1, 0.15) is 355 Å². The maximum absolute atomic E-state index is 12.9. The van der Waals surface area contributed by atoms with E-state index in [-0.39, 0.29) is 31.1 Å². The third kappa shape index (κ3) is 55.3. The SMILES string of the molecule is CCCCCCCCCCCCCCCCCCCCC(=O)O[C@@H](COC(=O)CCCCCCCCCCCCCCCCCC)COC(=O)CCCCCCCCCCCCCCCC(C)C. The van der Waals surface area contributed by atoms with Crippen molar-refractivity contribution in [2.24, 2.45) is 5.92 Å². The minimum absolute atomic E-state index is 0.0614.